The van der Waals surface area contributed by atoms with Crippen LogP contribution in [0.3, 0.4) is 0 Å². The summed E-state index contributed by atoms with van der Waals surface area (Å²) in [6, 6.07) is 3.98. The Kier molecular flexibility index (Phi) is 4.06. The van der Waals surface area contributed by atoms with Crippen LogP contribution in [0.4, 0.5) is 10.8 Å². The number of hydrogen-bond acceptors (Lipinski definition) is 5. The second-order valence-corrected chi connectivity index (χ2v) is 4.69. The van der Waals surface area contributed by atoms with E-state index in [-0.39, 0.29) is 0 Å². The summed E-state index contributed by atoms with van der Waals surface area (Å²) >= 11 is 1.68. The summed E-state index contributed by atoms with van der Waals surface area (Å²) in [6.45, 7) is 2.98. The summed E-state index contributed by atoms with van der Waals surface area (Å²) in [4.78, 5) is 8.71. The molecule has 2 aromatic rings. The molecule has 0 amide bonds. The maximum atomic E-state index is 4.47. The summed E-state index contributed by atoms with van der Waals surface area (Å²) in [5.41, 5.74) is 1.24. The average molecular weight is 248 g/mol. The number of nitrogens with one attached hydrogen (secondary N) is 2. The van der Waals surface area contributed by atoms with Gasteiger partial charge < -0.3 is 10.6 Å². The molecule has 2 heterocycles. The highest BCUT2D eigenvalue weighted by molar-refractivity contribution is 7.14. The van der Waals surface area contributed by atoms with Crippen molar-refractivity contribution in [3.05, 3.63) is 35.1 Å². The number of aryl methyl sites for hydroxylation is 1. The van der Waals surface area contributed by atoms with Gasteiger partial charge in [-0.25, -0.2) is 9.97 Å². The Morgan fingerprint density at radius 2 is 2.24 bits per heavy atom. The van der Waals surface area contributed by atoms with Crippen molar-refractivity contribution in [2.24, 2.45) is 0 Å². The van der Waals surface area contributed by atoms with Crippen molar-refractivity contribution in [3.8, 4) is 0 Å². The zero-order chi connectivity index (χ0) is 12.1. The van der Waals surface area contributed by atoms with Gasteiger partial charge in [0.25, 0.3) is 0 Å². The van der Waals surface area contributed by atoms with Crippen LogP contribution in [0.5, 0.6) is 0 Å². The SMILES string of the molecule is CNCCc1nccc(Nc2sccc2C)n1. The van der Waals surface area contributed by atoms with E-state index in [2.05, 4.69) is 39.0 Å². The Hall–Kier alpha value is -1.46. The molecule has 0 atom stereocenters. The van der Waals surface area contributed by atoms with E-state index in [9.17, 15) is 0 Å². The Bertz CT molecular complexity index is 481. The van der Waals surface area contributed by atoms with Crippen molar-refractivity contribution in [1.82, 2.24) is 15.3 Å². The molecule has 0 aliphatic heterocycles. The van der Waals surface area contributed by atoms with E-state index in [1.54, 1.807) is 17.5 Å². The van der Waals surface area contributed by atoms with Crippen LogP contribution in [0.2, 0.25) is 0 Å². The summed E-state index contributed by atoms with van der Waals surface area (Å²) in [5.74, 6) is 1.72. The van der Waals surface area contributed by atoms with Gasteiger partial charge in [-0.15, -0.1) is 11.3 Å². The molecule has 4 nitrogen and oxygen atoms in total. The summed E-state index contributed by atoms with van der Waals surface area (Å²) in [7, 11) is 1.93. The Morgan fingerprint density at radius 1 is 1.35 bits per heavy atom. The third kappa shape index (κ3) is 3.25. The van der Waals surface area contributed by atoms with Crippen LogP contribution in [0.15, 0.2) is 23.7 Å². The number of thiophene rings is 1. The topological polar surface area (TPSA) is 49.8 Å². The molecule has 5 heteroatoms. The molecule has 0 aliphatic carbocycles. The van der Waals surface area contributed by atoms with Gasteiger partial charge in [0, 0.05) is 19.2 Å². The summed E-state index contributed by atoms with van der Waals surface area (Å²) in [5, 5.41) is 9.62. The molecular weight excluding hydrogens is 232 g/mol. The molecule has 0 spiro atoms. The number of aromatic nitrogens is 2. The monoisotopic (exact) mass is 248 g/mol. The Labute approximate surface area is 105 Å². The average Bonchev–Trinajstić information content (AvgIpc) is 2.73. The van der Waals surface area contributed by atoms with Crippen LogP contribution >= 0.6 is 11.3 Å². The Morgan fingerprint density at radius 3 is 2.94 bits per heavy atom. The van der Waals surface area contributed by atoms with Crippen molar-refractivity contribution in [1.29, 1.82) is 0 Å². The number of hydrogen-bond donors (Lipinski definition) is 2. The third-order valence-electron chi connectivity index (χ3n) is 2.41. The van der Waals surface area contributed by atoms with E-state index in [0.717, 1.165) is 29.6 Å². The van der Waals surface area contributed by atoms with E-state index in [0.29, 0.717) is 0 Å². The lowest BCUT2D eigenvalue weighted by molar-refractivity contribution is 0.756. The molecule has 0 fully saturated rings. The van der Waals surface area contributed by atoms with Crippen LogP contribution in [-0.4, -0.2) is 23.6 Å². The first-order chi connectivity index (χ1) is 8.29. The molecule has 17 heavy (non-hydrogen) atoms. The second-order valence-electron chi connectivity index (χ2n) is 3.77. The molecule has 2 rings (SSSR count). The van der Waals surface area contributed by atoms with Gasteiger partial charge in [-0.2, -0.15) is 0 Å². The molecule has 2 N–H and O–H groups in total. The minimum Gasteiger partial charge on any atom is -0.332 e. The zero-order valence-electron chi connectivity index (χ0n) is 10.0. The van der Waals surface area contributed by atoms with Crippen LogP contribution in [0.1, 0.15) is 11.4 Å². The van der Waals surface area contributed by atoms with Crippen molar-refractivity contribution in [3.63, 3.8) is 0 Å². The molecule has 0 saturated heterocycles. The molecule has 0 aliphatic rings. The molecular formula is C12H16N4S. The summed E-state index contributed by atoms with van der Waals surface area (Å²) in [6.07, 6.45) is 2.64. The van der Waals surface area contributed by atoms with Gasteiger partial charge in [-0.3, -0.25) is 0 Å². The number of nitrogens with zero attached hydrogens (tertiary/aromatic N) is 2. The van der Waals surface area contributed by atoms with E-state index in [1.165, 1.54) is 5.56 Å². The normalized spacial score (nSPS) is 10.5. The predicted octanol–water partition coefficient (Wildman–Crippen LogP) is 2.35. The van der Waals surface area contributed by atoms with Gasteiger partial charge in [0.15, 0.2) is 0 Å². The van der Waals surface area contributed by atoms with E-state index < -0.39 is 0 Å². The second kappa shape index (κ2) is 5.75. The fourth-order valence-electron chi connectivity index (χ4n) is 1.44. The smallest absolute Gasteiger partial charge is 0.134 e. The molecule has 0 radical (unpaired) electrons. The minimum atomic E-state index is 0.843. The molecule has 0 aromatic carbocycles. The molecule has 2 aromatic heterocycles. The van der Waals surface area contributed by atoms with E-state index >= 15 is 0 Å². The molecule has 0 unspecified atom stereocenters. The lowest BCUT2D eigenvalue weighted by Gasteiger charge is -2.06. The van der Waals surface area contributed by atoms with Crippen LogP contribution < -0.4 is 10.6 Å². The van der Waals surface area contributed by atoms with Crippen molar-refractivity contribution < 1.29 is 0 Å². The van der Waals surface area contributed by atoms with E-state index in [4.69, 9.17) is 0 Å². The lowest BCUT2D eigenvalue weighted by Crippen LogP contribution is -2.12. The molecule has 0 saturated carbocycles. The largest absolute Gasteiger partial charge is 0.332 e. The number of likely N-dealkylation sites (N-methyl/N-ethyl adjacent to an activating group) is 1. The minimum absolute atomic E-state index is 0.843. The fourth-order valence-corrected chi connectivity index (χ4v) is 2.27. The maximum absolute atomic E-state index is 4.47. The maximum Gasteiger partial charge on any atom is 0.134 e. The van der Waals surface area contributed by atoms with Gasteiger partial charge >= 0.3 is 0 Å². The highest BCUT2D eigenvalue weighted by atomic mass is 32.1. The van der Waals surface area contributed by atoms with E-state index in [1.807, 2.05) is 13.1 Å². The first-order valence-electron chi connectivity index (χ1n) is 5.57. The fraction of sp³-hybridized carbons (Fsp3) is 0.333. The first kappa shape index (κ1) is 12.0. The van der Waals surface area contributed by atoms with Crippen molar-refractivity contribution in [2.75, 3.05) is 18.9 Å². The molecule has 90 valence electrons. The van der Waals surface area contributed by atoms with Gasteiger partial charge in [0.05, 0.1) is 5.00 Å². The van der Waals surface area contributed by atoms with Gasteiger partial charge in [-0.1, -0.05) is 0 Å². The first-order valence-corrected chi connectivity index (χ1v) is 6.45. The number of anilines is 2. The highest BCUT2D eigenvalue weighted by Crippen LogP contribution is 2.24. The third-order valence-corrected chi connectivity index (χ3v) is 3.34. The van der Waals surface area contributed by atoms with Crippen molar-refractivity contribution >= 4 is 22.2 Å². The summed E-state index contributed by atoms with van der Waals surface area (Å²) < 4.78 is 0. The lowest BCUT2D eigenvalue weighted by atomic mass is 10.3. The zero-order valence-corrected chi connectivity index (χ0v) is 10.8. The predicted molar refractivity (Wildman–Crippen MR) is 72.0 cm³/mol. The van der Waals surface area contributed by atoms with Crippen molar-refractivity contribution in [2.45, 2.75) is 13.3 Å². The van der Waals surface area contributed by atoms with Crippen LogP contribution in [0, 0.1) is 6.92 Å². The quantitative estimate of drug-likeness (QED) is 0.853. The van der Waals surface area contributed by atoms with Gasteiger partial charge in [0.1, 0.15) is 11.6 Å². The number of rotatable bonds is 5. The molecule has 0 bridgehead atoms. The Balaban J connectivity index is 2.08. The highest BCUT2D eigenvalue weighted by Gasteiger charge is 2.02. The van der Waals surface area contributed by atoms with Crippen LogP contribution in [0.25, 0.3) is 0 Å². The van der Waals surface area contributed by atoms with Gasteiger partial charge in [-0.05, 0) is 37.0 Å². The van der Waals surface area contributed by atoms with Crippen LogP contribution in [-0.2, 0) is 6.42 Å². The standard InChI is InChI=1S/C12H16N4S/c1-9-5-8-17-12(9)16-11-4-7-14-10(15-11)3-6-13-2/h4-5,7-8,13H,3,6H2,1-2H3,(H,14,15,16). The van der Waals surface area contributed by atoms with Gasteiger partial charge in [0.2, 0.25) is 0 Å².